The fourth-order valence-electron chi connectivity index (χ4n) is 3.18. The van der Waals surface area contributed by atoms with Crippen molar-refractivity contribution in [3.63, 3.8) is 0 Å². The van der Waals surface area contributed by atoms with Crippen molar-refractivity contribution in [1.29, 1.82) is 0 Å². The van der Waals surface area contributed by atoms with Gasteiger partial charge < -0.3 is 4.42 Å². The third kappa shape index (κ3) is 3.45. The number of thiazole rings is 1. The van der Waals surface area contributed by atoms with Crippen molar-refractivity contribution < 1.29 is 9.21 Å². The lowest BCUT2D eigenvalue weighted by Gasteiger charge is -2.20. The molecule has 28 heavy (non-hydrogen) atoms. The molecule has 0 N–H and O–H groups in total. The van der Waals surface area contributed by atoms with Crippen LogP contribution in [-0.4, -0.2) is 10.9 Å². The predicted molar refractivity (Wildman–Crippen MR) is 114 cm³/mol. The van der Waals surface area contributed by atoms with Crippen LogP contribution >= 0.6 is 11.3 Å². The molecule has 4 nitrogen and oxygen atoms in total. The van der Waals surface area contributed by atoms with Crippen molar-refractivity contribution in [2.75, 3.05) is 4.90 Å². The Morgan fingerprint density at radius 2 is 1.82 bits per heavy atom. The standard InChI is InChI=1S/C23H22N2O2S/c1-14-7-8-15(2)19(10-14)22(26)25(13-18-6-5-9-27-18)23-24-20-11-16(3)17(4)12-21(20)28-23/h5-12H,13H2,1-4H3. The minimum Gasteiger partial charge on any atom is -0.467 e. The number of amides is 1. The minimum absolute atomic E-state index is 0.0647. The van der Waals surface area contributed by atoms with Gasteiger partial charge in [-0.25, -0.2) is 4.98 Å². The molecule has 0 atom stereocenters. The number of hydrogen-bond donors (Lipinski definition) is 0. The maximum atomic E-state index is 13.5. The van der Waals surface area contributed by atoms with Crippen LogP contribution in [0.1, 0.15) is 38.4 Å². The molecule has 0 aliphatic carbocycles. The first-order chi connectivity index (χ1) is 13.4. The second-order valence-corrected chi connectivity index (χ2v) is 8.20. The fourth-order valence-corrected chi connectivity index (χ4v) is 4.22. The van der Waals surface area contributed by atoms with Crippen molar-refractivity contribution in [2.45, 2.75) is 34.2 Å². The summed E-state index contributed by atoms with van der Waals surface area (Å²) in [5.74, 6) is 0.662. The number of nitrogens with zero attached hydrogens (tertiary/aromatic N) is 2. The number of benzene rings is 2. The third-order valence-corrected chi connectivity index (χ3v) is 6.03. The van der Waals surface area contributed by atoms with Crippen molar-refractivity contribution >= 4 is 32.6 Å². The van der Waals surface area contributed by atoms with Crippen molar-refractivity contribution in [1.82, 2.24) is 4.98 Å². The van der Waals surface area contributed by atoms with Crippen LogP contribution in [0, 0.1) is 27.7 Å². The van der Waals surface area contributed by atoms with E-state index in [2.05, 4.69) is 26.0 Å². The van der Waals surface area contributed by atoms with E-state index in [-0.39, 0.29) is 5.91 Å². The molecule has 0 fully saturated rings. The second kappa shape index (κ2) is 7.24. The second-order valence-electron chi connectivity index (χ2n) is 7.19. The average Bonchev–Trinajstić information content (AvgIpc) is 3.31. The molecule has 142 valence electrons. The van der Waals surface area contributed by atoms with Crippen molar-refractivity contribution in [2.24, 2.45) is 0 Å². The number of carbonyl (C=O) groups is 1. The number of hydrogen-bond acceptors (Lipinski definition) is 4. The van der Waals surface area contributed by atoms with E-state index in [0.717, 1.165) is 27.1 Å². The Hall–Kier alpha value is -2.92. The topological polar surface area (TPSA) is 46.3 Å². The number of fused-ring (bicyclic) bond motifs is 1. The van der Waals surface area contributed by atoms with Gasteiger partial charge in [0.2, 0.25) is 0 Å². The quantitative estimate of drug-likeness (QED) is 0.431. The number of anilines is 1. The lowest BCUT2D eigenvalue weighted by atomic mass is 10.0. The van der Waals surface area contributed by atoms with Gasteiger partial charge in [-0.1, -0.05) is 29.0 Å². The summed E-state index contributed by atoms with van der Waals surface area (Å²) in [7, 11) is 0. The molecular weight excluding hydrogens is 368 g/mol. The number of furan rings is 1. The molecule has 0 saturated heterocycles. The highest BCUT2D eigenvalue weighted by atomic mass is 32.1. The highest BCUT2D eigenvalue weighted by molar-refractivity contribution is 7.22. The summed E-state index contributed by atoms with van der Waals surface area (Å²) >= 11 is 1.54. The molecule has 0 aliphatic heterocycles. The van der Waals surface area contributed by atoms with Gasteiger partial charge in [-0.3, -0.25) is 9.69 Å². The zero-order valence-corrected chi connectivity index (χ0v) is 17.3. The molecule has 0 aliphatic rings. The summed E-state index contributed by atoms with van der Waals surface area (Å²) in [4.78, 5) is 20.0. The molecule has 1 amide bonds. The molecule has 0 unspecified atom stereocenters. The third-order valence-electron chi connectivity index (χ3n) is 4.99. The number of carbonyl (C=O) groups excluding carboxylic acids is 1. The van der Waals surface area contributed by atoms with Gasteiger partial charge in [-0.15, -0.1) is 0 Å². The number of aryl methyl sites for hydroxylation is 4. The van der Waals surface area contributed by atoms with Gasteiger partial charge in [0.05, 0.1) is 23.0 Å². The number of rotatable bonds is 4. The predicted octanol–water partition coefficient (Wildman–Crippen LogP) is 5.97. The summed E-state index contributed by atoms with van der Waals surface area (Å²) in [6.45, 7) is 8.47. The lowest BCUT2D eigenvalue weighted by Crippen LogP contribution is -2.30. The van der Waals surface area contributed by atoms with Crippen LogP contribution < -0.4 is 4.90 Å². The Bertz CT molecular complexity index is 1120. The first kappa shape index (κ1) is 18.4. The molecule has 4 aromatic rings. The summed E-state index contributed by atoms with van der Waals surface area (Å²) in [6, 6.07) is 13.9. The van der Waals surface area contributed by atoms with E-state index in [1.54, 1.807) is 11.2 Å². The molecule has 2 aromatic carbocycles. The number of aromatic nitrogens is 1. The Balaban J connectivity index is 1.81. The van der Waals surface area contributed by atoms with E-state index in [4.69, 9.17) is 9.40 Å². The first-order valence-electron chi connectivity index (χ1n) is 9.21. The van der Waals surface area contributed by atoms with E-state index in [1.165, 1.54) is 22.5 Å². The van der Waals surface area contributed by atoms with Gasteiger partial charge in [0, 0.05) is 5.56 Å². The zero-order chi connectivity index (χ0) is 19.8. The van der Waals surface area contributed by atoms with Gasteiger partial charge in [0.1, 0.15) is 5.76 Å². The minimum atomic E-state index is -0.0647. The smallest absolute Gasteiger partial charge is 0.260 e. The highest BCUT2D eigenvalue weighted by Gasteiger charge is 2.24. The average molecular weight is 391 g/mol. The van der Waals surface area contributed by atoms with Gasteiger partial charge in [0.15, 0.2) is 5.13 Å². The largest absolute Gasteiger partial charge is 0.467 e. The SMILES string of the molecule is Cc1ccc(C)c(C(=O)N(Cc2ccco2)c2nc3cc(C)c(C)cc3s2)c1. The van der Waals surface area contributed by atoms with Crippen LogP contribution in [0.3, 0.4) is 0 Å². The van der Waals surface area contributed by atoms with Gasteiger partial charge in [0.25, 0.3) is 5.91 Å². The van der Waals surface area contributed by atoms with Gasteiger partial charge >= 0.3 is 0 Å². The first-order valence-corrected chi connectivity index (χ1v) is 10.0. The van der Waals surface area contributed by atoms with Gasteiger partial charge in [-0.05, 0) is 74.7 Å². The molecule has 4 rings (SSSR count). The molecule has 2 aromatic heterocycles. The van der Waals surface area contributed by atoms with Crippen LogP contribution in [0.5, 0.6) is 0 Å². The maximum absolute atomic E-state index is 13.5. The van der Waals surface area contributed by atoms with Crippen molar-refractivity contribution in [3.8, 4) is 0 Å². The van der Waals surface area contributed by atoms with Crippen LogP contribution in [-0.2, 0) is 6.54 Å². The lowest BCUT2D eigenvalue weighted by molar-refractivity contribution is 0.0982. The molecule has 5 heteroatoms. The summed E-state index contributed by atoms with van der Waals surface area (Å²) in [5.41, 5.74) is 6.04. The van der Waals surface area contributed by atoms with Crippen LogP contribution in [0.15, 0.2) is 53.1 Å². The van der Waals surface area contributed by atoms with E-state index in [1.807, 2.05) is 44.2 Å². The van der Waals surface area contributed by atoms with E-state index < -0.39 is 0 Å². The summed E-state index contributed by atoms with van der Waals surface area (Å²) in [6.07, 6.45) is 1.63. The van der Waals surface area contributed by atoms with E-state index in [0.29, 0.717) is 17.2 Å². The molecule has 0 radical (unpaired) electrons. The summed E-state index contributed by atoms with van der Waals surface area (Å²) in [5, 5.41) is 0.683. The molecule has 0 spiro atoms. The molecule has 0 saturated carbocycles. The Kier molecular flexibility index (Phi) is 4.77. The Morgan fingerprint density at radius 1 is 1.04 bits per heavy atom. The molecular formula is C23H22N2O2S. The van der Waals surface area contributed by atoms with E-state index >= 15 is 0 Å². The monoisotopic (exact) mass is 390 g/mol. The summed E-state index contributed by atoms with van der Waals surface area (Å²) < 4.78 is 6.60. The Morgan fingerprint density at radius 3 is 2.57 bits per heavy atom. The van der Waals surface area contributed by atoms with Crippen LogP contribution in [0.4, 0.5) is 5.13 Å². The highest BCUT2D eigenvalue weighted by Crippen LogP contribution is 2.33. The zero-order valence-electron chi connectivity index (χ0n) is 16.4. The molecule has 0 bridgehead atoms. The van der Waals surface area contributed by atoms with Crippen LogP contribution in [0.2, 0.25) is 0 Å². The molecule has 2 heterocycles. The van der Waals surface area contributed by atoms with Gasteiger partial charge in [-0.2, -0.15) is 0 Å². The van der Waals surface area contributed by atoms with E-state index in [9.17, 15) is 4.79 Å². The van der Waals surface area contributed by atoms with Crippen molar-refractivity contribution in [3.05, 3.63) is 82.3 Å². The fraction of sp³-hybridized carbons (Fsp3) is 0.217. The maximum Gasteiger partial charge on any atom is 0.260 e. The normalized spacial score (nSPS) is 11.1. The Labute approximate surface area is 168 Å². The van der Waals surface area contributed by atoms with Crippen LogP contribution in [0.25, 0.3) is 10.2 Å².